The van der Waals surface area contributed by atoms with E-state index in [1.807, 2.05) is 0 Å². The summed E-state index contributed by atoms with van der Waals surface area (Å²) in [6, 6.07) is 2.09. The van der Waals surface area contributed by atoms with E-state index in [-0.39, 0.29) is 6.04 Å². The van der Waals surface area contributed by atoms with Crippen molar-refractivity contribution in [3.8, 4) is 0 Å². The Bertz CT molecular complexity index is 344. The second-order valence-electron chi connectivity index (χ2n) is 4.55. The van der Waals surface area contributed by atoms with Crippen molar-refractivity contribution in [2.75, 3.05) is 0 Å². The van der Waals surface area contributed by atoms with Gasteiger partial charge in [-0.25, -0.2) is 0 Å². The summed E-state index contributed by atoms with van der Waals surface area (Å²) in [4.78, 5) is 3.78. The number of aromatic nitrogens is 1. The Balaban J connectivity index is 2.67. The number of alkyl halides is 3. The van der Waals surface area contributed by atoms with E-state index in [1.165, 1.54) is 6.07 Å². The minimum Gasteiger partial charge on any atom is -0.323 e. The average molecular weight is 246 g/mol. The number of rotatable bonds is 4. The smallest absolute Gasteiger partial charge is 0.323 e. The molecule has 0 bridgehead atoms. The van der Waals surface area contributed by atoms with Gasteiger partial charge in [-0.05, 0) is 30.9 Å². The zero-order valence-corrected chi connectivity index (χ0v) is 9.96. The highest BCUT2D eigenvalue weighted by Gasteiger charge is 2.30. The van der Waals surface area contributed by atoms with Crippen LogP contribution < -0.4 is 5.73 Å². The lowest BCUT2D eigenvalue weighted by Gasteiger charge is -2.13. The first kappa shape index (κ1) is 14.0. The van der Waals surface area contributed by atoms with E-state index in [1.54, 1.807) is 0 Å². The molecule has 96 valence electrons. The minimum atomic E-state index is -4.34. The molecule has 1 atom stereocenters. The molecule has 2 nitrogen and oxygen atoms in total. The fourth-order valence-electron chi connectivity index (χ4n) is 1.45. The minimum absolute atomic E-state index is 0.292. The third-order valence-corrected chi connectivity index (χ3v) is 2.55. The molecule has 0 amide bonds. The zero-order chi connectivity index (χ0) is 13.1. The van der Waals surface area contributed by atoms with E-state index in [4.69, 9.17) is 5.73 Å². The maximum absolute atomic E-state index is 12.3. The summed E-state index contributed by atoms with van der Waals surface area (Å²) in [7, 11) is 0. The van der Waals surface area contributed by atoms with E-state index in [9.17, 15) is 13.2 Å². The predicted octanol–water partition coefficient (Wildman–Crippen LogP) is 3.54. The highest BCUT2D eigenvalue weighted by Crippen LogP contribution is 2.29. The van der Waals surface area contributed by atoms with E-state index < -0.39 is 11.7 Å². The van der Waals surface area contributed by atoms with Crippen LogP contribution in [0.15, 0.2) is 18.3 Å². The molecule has 1 rings (SSSR count). The quantitative estimate of drug-likeness (QED) is 0.882. The van der Waals surface area contributed by atoms with Crippen LogP contribution in [0, 0.1) is 5.92 Å². The summed E-state index contributed by atoms with van der Waals surface area (Å²) in [5.74, 6) is 0.524. The molecule has 2 N–H and O–H groups in total. The molecule has 1 heterocycles. The van der Waals surface area contributed by atoms with Gasteiger partial charge in [-0.1, -0.05) is 13.8 Å². The second-order valence-corrected chi connectivity index (χ2v) is 4.55. The first-order valence-electron chi connectivity index (χ1n) is 5.59. The van der Waals surface area contributed by atoms with Gasteiger partial charge in [0.05, 0.1) is 11.3 Å². The number of nitrogens with zero attached hydrogens (tertiary/aromatic N) is 1. The van der Waals surface area contributed by atoms with Gasteiger partial charge >= 0.3 is 6.18 Å². The Morgan fingerprint density at radius 2 is 1.88 bits per heavy atom. The molecule has 0 spiro atoms. The van der Waals surface area contributed by atoms with E-state index in [0.717, 1.165) is 25.1 Å². The van der Waals surface area contributed by atoms with Gasteiger partial charge in [0.15, 0.2) is 0 Å². The van der Waals surface area contributed by atoms with Crippen LogP contribution >= 0.6 is 0 Å². The lowest BCUT2D eigenvalue weighted by molar-refractivity contribution is -0.137. The van der Waals surface area contributed by atoms with Crippen molar-refractivity contribution in [2.24, 2.45) is 11.7 Å². The maximum Gasteiger partial charge on any atom is 0.417 e. The van der Waals surface area contributed by atoms with Crippen molar-refractivity contribution < 1.29 is 13.2 Å². The first-order chi connectivity index (χ1) is 7.80. The van der Waals surface area contributed by atoms with Gasteiger partial charge in [0, 0.05) is 12.2 Å². The molecule has 0 aliphatic heterocycles. The molecular formula is C12H17F3N2. The first-order valence-corrected chi connectivity index (χ1v) is 5.59. The van der Waals surface area contributed by atoms with Crippen molar-refractivity contribution in [3.63, 3.8) is 0 Å². The molecule has 0 aliphatic carbocycles. The van der Waals surface area contributed by atoms with Gasteiger partial charge in [0.25, 0.3) is 0 Å². The largest absolute Gasteiger partial charge is 0.417 e. The van der Waals surface area contributed by atoms with Crippen LogP contribution in [-0.4, -0.2) is 4.98 Å². The molecule has 0 radical (unpaired) electrons. The lowest BCUT2D eigenvalue weighted by Crippen LogP contribution is -2.14. The summed E-state index contributed by atoms with van der Waals surface area (Å²) in [6.45, 7) is 4.15. The van der Waals surface area contributed by atoms with Crippen molar-refractivity contribution in [3.05, 3.63) is 29.6 Å². The maximum atomic E-state index is 12.3. The number of pyridine rings is 1. The fraction of sp³-hybridized carbons (Fsp3) is 0.583. The molecule has 1 aromatic rings. The van der Waals surface area contributed by atoms with Crippen molar-refractivity contribution in [1.82, 2.24) is 4.98 Å². The Morgan fingerprint density at radius 1 is 1.24 bits per heavy atom. The number of hydrogen-bond donors (Lipinski definition) is 1. The number of hydrogen-bond acceptors (Lipinski definition) is 2. The summed E-state index contributed by atoms with van der Waals surface area (Å²) < 4.78 is 36.9. The molecule has 0 saturated carbocycles. The average Bonchev–Trinajstić information content (AvgIpc) is 2.25. The SMILES string of the molecule is CC(C)CCC(N)c1ccc(C(F)(F)F)cn1. The standard InChI is InChI=1S/C12H17F3N2/c1-8(2)3-5-10(16)11-6-4-9(7-17-11)12(13,14)15/h4,6-8,10H,3,5,16H2,1-2H3. The molecule has 0 fully saturated rings. The third kappa shape index (κ3) is 4.34. The van der Waals surface area contributed by atoms with Crippen LogP contribution in [0.1, 0.15) is 44.0 Å². The molecule has 17 heavy (non-hydrogen) atoms. The van der Waals surface area contributed by atoms with Gasteiger partial charge in [-0.2, -0.15) is 13.2 Å². The molecule has 5 heteroatoms. The molecule has 0 saturated heterocycles. The van der Waals surface area contributed by atoms with Crippen LogP contribution in [-0.2, 0) is 6.18 Å². The van der Waals surface area contributed by atoms with E-state index in [2.05, 4.69) is 18.8 Å². The molecule has 1 aromatic heterocycles. The van der Waals surface area contributed by atoms with Gasteiger partial charge < -0.3 is 5.73 Å². The Kier molecular flexibility index (Phi) is 4.51. The number of halogens is 3. The fourth-order valence-corrected chi connectivity index (χ4v) is 1.45. The Morgan fingerprint density at radius 3 is 2.29 bits per heavy atom. The Labute approximate surface area is 99.0 Å². The number of nitrogens with two attached hydrogens (primary N) is 1. The molecule has 1 unspecified atom stereocenters. The lowest BCUT2D eigenvalue weighted by atomic mass is 10.0. The van der Waals surface area contributed by atoms with E-state index >= 15 is 0 Å². The van der Waals surface area contributed by atoms with Crippen molar-refractivity contribution >= 4 is 0 Å². The summed E-state index contributed by atoms with van der Waals surface area (Å²) in [6.07, 6.45) is -1.84. The van der Waals surface area contributed by atoms with Crippen molar-refractivity contribution in [2.45, 2.75) is 38.9 Å². The van der Waals surface area contributed by atoms with Gasteiger partial charge in [0.2, 0.25) is 0 Å². The normalized spacial score (nSPS) is 14.1. The van der Waals surface area contributed by atoms with E-state index in [0.29, 0.717) is 11.6 Å². The second kappa shape index (κ2) is 5.49. The third-order valence-electron chi connectivity index (χ3n) is 2.55. The van der Waals surface area contributed by atoms with Gasteiger partial charge in [-0.15, -0.1) is 0 Å². The summed E-state index contributed by atoms with van der Waals surface area (Å²) >= 11 is 0. The Hall–Kier alpha value is -1.10. The van der Waals surface area contributed by atoms with Crippen molar-refractivity contribution in [1.29, 1.82) is 0 Å². The summed E-state index contributed by atoms with van der Waals surface area (Å²) in [5.41, 5.74) is 5.63. The van der Waals surface area contributed by atoms with Gasteiger partial charge in [0.1, 0.15) is 0 Å². The monoisotopic (exact) mass is 246 g/mol. The van der Waals surface area contributed by atoms with Crippen LogP contribution in [0.4, 0.5) is 13.2 Å². The molecular weight excluding hydrogens is 229 g/mol. The highest BCUT2D eigenvalue weighted by atomic mass is 19.4. The molecule has 0 aromatic carbocycles. The topological polar surface area (TPSA) is 38.9 Å². The predicted molar refractivity (Wildman–Crippen MR) is 60.2 cm³/mol. The summed E-state index contributed by atoms with van der Waals surface area (Å²) in [5, 5.41) is 0. The highest BCUT2D eigenvalue weighted by molar-refractivity contribution is 5.18. The van der Waals surface area contributed by atoms with Gasteiger partial charge in [-0.3, -0.25) is 4.98 Å². The van der Waals surface area contributed by atoms with Crippen LogP contribution in [0.5, 0.6) is 0 Å². The molecule has 0 aliphatic rings. The van der Waals surface area contributed by atoms with Crippen LogP contribution in [0.3, 0.4) is 0 Å². The van der Waals surface area contributed by atoms with Crippen LogP contribution in [0.2, 0.25) is 0 Å². The zero-order valence-electron chi connectivity index (χ0n) is 9.96. The van der Waals surface area contributed by atoms with Crippen LogP contribution in [0.25, 0.3) is 0 Å².